The summed E-state index contributed by atoms with van der Waals surface area (Å²) in [6.07, 6.45) is 0. The minimum absolute atomic E-state index is 0.362. The summed E-state index contributed by atoms with van der Waals surface area (Å²) in [5.74, 6) is -2.26. The standard InChI is InChI=1S/C29H30N2O4S/c1-15-11-16(2)23(17(3)12-15)22-14-36-27(31-22)21-10-8-9-20(13-21)26-24(28(32)34-6)18(4)30-19(5)25(26)29(33)35-7/h8-14,24,26H,1-7H3. The molecule has 0 bridgehead atoms. The molecule has 0 amide bonds. The van der Waals surface area contributed by atoms with Crippen molar-refractivity contribution in [3.05, 3.63) is 75.3 Å². The Kier molecular flexibility index (Phi) is 7.22. The molecule has 186 valence electrons. The molecule has 0 aliphatic carbocycles. The maximum absolute atomic E-state index is 12.8. The van der Waals surface area contributed by atoms with Gasteiger partial charge in [0.25, 0.3) is 0 Å². The summed E-state index contributed by atoms with van der Waals surface area (Å²) < 4.78 is 10.2. The van der Waals surface area contributed by atoms with E-state index in [2.05, 4.69) is 43.3 Å². The van der Waals surface area contributed by atoms with E-state index >= 15 is 0 Å². The highest BCUT2D eigenvalue weighted by Crippen LogP contribution is 2.41. The van der Waals surface area contributed by atoms with Crippen LogP contribution in [0.5, 0.6) is 0 Å². The van der Waals surface area contributed by atoms with Crippen LogP contribution in [-0.4, -0.2) is 36.9 Å². The number of nitrogens with zero attached hydrogens (tertiary/aromatic N) is 2. The summed E-state index contributed by atoms with van der Waals surface area (Å²) in [5.41, 5.74) is 8.92. The van der Waals surface area contributed by atoms with Crippen LogP contribution in [0.4, 0.5) is 0 Å². The molecule has 0 spiro atoms. The van der Waals surface area contributed by atoms with Gasteiger partial charge in [-0.1, -0.05) is 35.9 Å². The highest BCUT2D eigenvalue weighted by atomic mass is 32.1. The molecule has 1 aromatic heterocycles. The van der Waals surface area contributed by atoms with Gasteiger partial charge in [0.2, 0.25) is 0 Å². The third-order valence-corrected chi connectivity index (χ3v) is 7.51. The van der Waals surface area contributed by atoms with Crippen molar-refractivity contribution in [3.8, 4) is 21.8 Å². The van der Waals surface area contributed by atoms with Crippen LogP contribution in [0.15, 0.2) is 58.0 Å². The van der Waals surface area contributed by atoms with E-state index in [-0.39, 0.29) is 0 Å². The summed E-state index contributed by atoms with van der Waals surface area (Å²) in [6.45, 7) is 9.87. The Balaban J connectivity index is 1.81. The van der Waals surface area contributed by atoms with Crippen LogP contribution in [-0.2, 0) is 19.1 Å². The van der Waals surface area contributed by atoms with Crippen molar-refractivity contribution < 1.29 is 19.1 Å². The fourth-order valence-electron chi connectivity index (χ4n) is 5.17. The van der Waals surface area contributed by atoms with Gasteiger partial charge in [-0.05, 0) is 57.4 Å². The predicted octanol–water partition coefficient (Wildman–Crippen LogP) is 6.20. The first-order chi connectivity index (χ1) is 17.2. The van der Waals surface area contributed by atoms with Gasteiger partial charge in [-0.15, -0.1) is 11.3 Å². The van der Waals surface area contributed by atoms with Crippen molar-refractivity contribution in [2.75, 3.05) is 14.2 Å². The number of methoxy groups -OCH3 is 2. The van der Waals surface area contributed by atoms with Gasteiger partial charge in [0.15, 0.2) is 0 Å². The first kappa shape index (κ1) is 25.5. The number of aromatic nitrogens is 1. The molecule has 6 nitrogen and oxygen atoms in total. The second-order valence-electron chi connectivity index (χ2n) is 9.16. The molecule has 36 heavy (non-hydrogen) atoms. The average Bonchev–Trinajstić information content (AvgIpc) is 3.32. The van der Waals surface area contributed by atoms with Crippen LogP contribution in [0.3, 0.4) is 0 Å². The number of benzene rings is 2. The van der Waals surface area contributed by atoms with Gasteiger partial charge in [0.1, 0.15) is 10.9 Å². The number of allylic oxidation sites excluding steroid dienone is 1. The number of rotatable bonds is 5. The molecule has 0 saturated carbocycles. The van der Waals surface area contributed by atoms with Gasteiger partial charge in [-0.2, -0.15) is 0 Å². The number of esters is 2. The van der Waals surface area contributed by atoms with Gasteiger partial charge in [-0.25, -0.2) is 9.78 Å². The molecule has 2 atom stereocenters. The summed E-state index contributed by atoms with van der Waals surface area (Å²) in [5, 5.41) is 2.94. The minimum Gasteiger partial charge on any atom is -0.468 e. The van der Waals surface area contributed by atoms with Gasteiger partial charge >= 0.3 is 11.9 Å². The molecule has 1 aliphatic rings. The third kappa shape index (κ3) is 4.63. The van der Waals surface area contributed by atoms with Crippen LogP contribution in [0.1, 0.15) is 42.0 Å². The van der Waals surface area contributed by atoms with Crippen LogP contribution in [0, 0.1) is 26.7 Å². The zero-order chi connectivity index (χ0) is 26.1. The van der Waals surface area contributed by atoms with E-state index in [0.717, 1.165) is 27.4 Å². The maximum atomic E-state index is 12.8. The first-order valence-electron chi connectivity index (χ1n) is 11.7. The molecule has 0 saturated heterocycles. The number of carbonyl (C=O) groups is 2. The summed E-state index contributed by atoms with van der Waals surface area (Å²) in [6, 6.07) is 12.2. The van der Waals surface area contributed by atoms with E-state index < -0.39 is 23.8 Å². The molecule has 4 rings (SSSR count). The highest BCUT2D eigenvalue weighted by molar-refractivity contribution is 7.13. The molecule has 2 heterocycles. The smallest absolute Gasteiger partial charge is 0.336 e. The normalized spacial score (nSPS) is 17.6. The fraction of sp³-hybridized carbons (Fsp3) is 0.310. The van der Waals surface area contributed by atoms with Crippen molar-refractivity contribution >= 4 is 29.0 Å². The van der Waals surface area contributed by atoms with Gasteiger partial charge in [0, 0.05) is 33.8 Å². The molecule has 1 aliphatic heterocycles. The third-order valence-electron chi connectivity index (χ3n) is 6.62. The van der Waals surface area contributed by atoms with E-state index in [1.807, 2.05) is 24.3 Å². The Morgan fingerprint density at radius 2 is 1.64 bits per heavy atom. The van der Waals surface area contributed by atoms with Crippen LogP contribution < -0.4 is 0 Å². The average molecular weight is 503 g/mol. The Hall–Kier alpha value is -3.58. The quantitative estimate of drug-likeness (QED) is 0.388. The van der Waals surface area contributed by atoms with Crippen LogP contribution in [0.25, 0.3) is 21.8 Å². The molecule has 2 unspecified atom stereocenters. The Labute approximate surface area is 215 Å². The van der Waals surface area contributed by atoms with Gasteiger partial charge < -0.3 is 9.47 Å². The molecule has 0 radical (unpaired) electrons. The lowest BCUT2D eigenvalue weighted by atomic mass is 9.75. The predicted molar refractivity (Wildman–Crippen MR) is 143 cm³/mol. The number of carbonyl (C=O) groups excluding carboxylic acids is 2. The van der Waals surface area contributed by atoms with Crippen molar-refractivity contribution in [1.82, 2.24) is 4.98 Å². The summed E-state index contributed by atoms with van der Waals surface area (Å²) >= 11 is 1.57. The lowest BCUT2D eigenvalue weighted by molar-refractivity contribution is -0.143. The van der Waals surface area contributed by atoms with Crippen molar-refractivity contribution in [2.24, 2.45) is 10.9 Å². The number of thiazole rings is 1. The summed E-state index contributed by atoms with van der Waals surface area (Å²) in [4.78, 5) is 35.1. The lowest BCUT2D eigenvalue weighted by Crippen LogP contribution is -2.36. The van der Waals surface area contributed by atoms with E-state index in [1.54, 1.807) is 25.2 Å². The molecule has 3 aromatic rings. The van der Waals surface area contributed by atoms with Gasteiger partial charge in [0.05, 0.1) is 25.5 Å². The monoisotopic (exact) mass is 502 g/mol. The van der Waals surface area contributed by atoms with E-state index in [1.165, 1.54) is 30.9 Å². The van der Waals surface area contributed by atoms with Crippen LogP contribution >= 0.6 is 11.3 Å². The molecule has 0 N–H and O–H groups in total. The number of aryl methyl sites for hydroxylation is 3. The topological polar surface area (TPSA) is 77.8 Å². The maximum Gasteiger partial charge on any atom is 0.336 e. The SMILES string of the molecule is COC(=O)C1=C(C)N=C(C)C(C(=O)OC)C1c1cccc(-c2nc(-c3c(C)cc(C)cc3C)cs2)c1. The molecular formula is C29H30N2O4S. The number of hydrogen-bond acceptors (Lipinski definition) is 7. The van der Waals surface area contributed by atoms with Crippen molar-refractivity contribution in [2.45, 2.75) is 40.5 Å². The number of aliphatic imine (C=N–C) groups is 1. The van der Waals surface area contributed by atoms with E-state index in [0.29, 0.717) is 17.0 Å². The van der Waals surface area contributed by atoms with Crippen molar-refractivity contribution in [3.63, 3.8) is 0 Å². The Morgan fingerprint density at radius 1 is 0.944 bits per heavy atom. The van der Waals surface area contributed by atoms with Crippen molar-refractivity contribution in [1.29, 1.82) is 0 Å². The summed E-state index contributed by atoms with van der Waals surface area (Å²) in [7, 11) is 2.68. The van der Waals surface area contributed by atoms with E-state index in [9.17, 15) is 9.59 Å². The highest BCUT2D eigenvalue weighted by Gasteiger charge is 2.42. The Bertz CT molecular complexity index is 1390. The molecule has 7 heteroatoms. The second kappa shape index (κ2) is 10.2. The van der Waals surface area contributed by atoms with Gasteiger partial charge in [-0.3, -0.25) is 9.79 Å². The molecule has 2 aromatic carbocycles. The largest absolute Gasteiger partial charge is 0.468 e. The second-order valence-corrected chi connectivity index (χ2v) is 10.0. The lowest BCUT2D eigenvalue weighted by Gasteiger charge is -2.31. The van der Waals surface area contributed by atoms with Crippen LogP contribution in [0.2, 0.25) is 0 Å². The zero-order valence-electron chi connectivity index (χ0n) is 21.6. The van der Waals surface area contributed by atoms with E-state index in [4.69, 9.17) is 14.5 Å². The number of ether oxygens (including phenoxy) is 2. The fourth-order valence-corrected chi connectivity index (χ4v) is 5.98. The Morgan fingerprint density at radius 3 is 2.28 bits per heavy atom. The zero-order valence-corrected chi connectivity index (χ0v) is 22.4. The molecular weight excluding hydrogens is 472 g/mol. The number of hydrogen-bond donors (Lipinski definition) is 0. The molecule has 0 fully saturated rings. The minimum atomic E-state index is -0.729. The first-order valence-corrected chi connectivity index (χ1v) is 12.6.